The number of carbonyl (C=O) groups is 3. The number of thiophene rings is 1. The van der Waals surface area contributed by atoms with Gasteiger partial charge >= 0.3 is 5.97 Å². The number of hydrogen-bond donors (Lipinski definition) is 3. The van der Waals surface area contributed by atoms with Crippen molar-refractivity contribution in [1.29, 1.82) is 0 Å². The van der Waals surface area contributed by atoms with E-state index < -0.39 is 5.97 Å². The van der Waals surface area contributed by atoms with E-state index in [1.165, 1.54) is 11.3 Å². The maximum absolute atomic E-state index is 13.0. The van der Waals surface area contributed by atoms with E-state index in [0.29, 0.717) is 23.0 Å². The Labute approximate surface area is 174 Å². The molecule has 0 aliphatic heterocycles. The molecule has 29 heavy (non-hydrogen) atoms. The highest BCUT2D eigenvalue weighted by Crippen LogP contribution is 2.39. The van der Waals surface area contributed by atoms with Crippen LogP contribution < -0.4 is 10.6 Å². The summed E-state index contributed by atoms with van der Waals surface area (Å²) < 4.78 is 0. The maximum Gasteiger partial charge on any atom is 0.303 e. The van der Waals surface area contributed by atoms with Gasteiger partial charge < -0.3 is 15.7 Å². The number of nitrogens with one attached hydrogen (secondary N) is 2. The molecule has 1 aliphatic carbocycles. The first-order valence-electron chi connectivity index (χ1n) is 9.92. The monoisotopic (exact) mass is 414 g/mol. The fourth-order valence-electron chi connectivity index (χ4n) is 3.53. The van der Waals surface area contributed by atoms with Crippen LogP contribution in [0, 0.1) is 5.92 Å². The number of fused-ring (bicyclic) bond motifs is 1. The molecule has 3 rings (SSSR count). The first-order valence-corrected chi connectivity index (χ1v) is 10.7. The van der Waals surface area contributed by atoms with Crippen LogP contribution in [0.25, 0.3) is 0 Å². The fourth-order valence-corrected chi connectivity index (χ4v) is 4.96. The molecule has 1 aromatic carbocycles. The summed E-state index contributed by atoms with van der Waals surface area (Å²) in [5, 5.41) is 15.2. The van der Waals surface area contributed by atoms with Gasteiger partial charge in [-0.3, -0.25) is 14.4 Å². The van der Waals surface area contributed by atoms with E-state index in [1.807, 2.05) is 30.3 Å². The second kappa shape index (κ2) is 9.69. The van der Waals surface area contributed by atoms with Crippen molar-refractivity contribution in [3.63, 3.8) is 0 Å². The van der Waals surface area contributed by atoms with E-state index in [-0.39, 0.29) is 31.1 Å². The van der Waals surface area contributed by atoms with Crippen LogP contribution in [-0.2, 0) is 29.0 Å². The lowest BCUT2D eigenvalue weighted by Crippen LogP contribution is -2.25. The van der Waals surface area contributed by atoms with Gasteiger partial charge in [0, 0.05) is 24.3 Å². The van der Waals surface area contributed by atoms with Gasteiger partial charge in [-0.05, 0) is 42.7 Å². The number of rotatable bonds is 8. The minimum Gasteiger partial charge on any atom is -0.481 e. The number of anilines is 1. The number of carboxylic acid groups (broad SMARTS) is 1. The van der Waals surface area contributed by atoms with E-state index in [1.54, 1.807) is 0 Å². The maximum atomic E-state index is 13.0. The van der Waals surface area contributed by atoms with Gasteiger partial charge in [-0.2, -0.15) is 0 Å². The van der Waals surface area contributed by atoms with Gasteiger partial charge in [0.15, 0.2) is 0 Å². The average molecular weight is 415 g/mol. The van der Waals surface area contributed by atoms with Gasteiger partial charge in [-0.25, -0.2) is 0 Å². The molecule has 0 unspecified atom stereocenters. The second-order valence-corrected chi connectivity index (χ2v) is 8.62. The van der Waals surface area contributed by atoms with Crippen molar-refractivity contribution in [3.05, 3.63) is 51.9 Å². The average Bonchev–Trinajstić information content (AvgIpc) is 3.03. The van der Waals surface area contributed by atoms with Crippen LogP contribution in [0.2, 0.25) is 0 Å². The molecule has 0 spiro atoms. The van der Waals surface area contributed by atoms with Gasteiger partial charge in [0.2, 0.25) is 5.91 Å². The van der Waals surface area contributed by atoms with Crippen LogP contribution in [-0.4, -0.2) is 22.9 Å². The summed E-state index contributed by atoms with van der Waals surface area (Å²) >= 11 is 1.47. The van der Waals surface area contributed by atoms with Gasteiger partial charge in [-0.1, -0.05) is 37.3 Å². The predicted octanol–water partition coefficient (Wildman–Crippen LogP) is 4.00. The van der Waals surface area contributed by atoms with Crippen LogP contribution in [0.3, 0.4) is 0 Å². The summed E-state index contributed by atoms with van der Waals surface area (Å²) in [6, 6.07) is 9.70. The first kappa shape index (κ1) is 21.0. The molecular formula is C22H26N2O4S. The Morgan fingerprint density at radius 3 is 2.66 bits per heavy atom. The quantitative estimate of drug-likeness (QED) is 0.608. The zero-order valence-electron chi connectivity index (χ0n) is 16.5. The molecular weight excluding hydrogens is 388 g/mol. The van der Waals surface area contributed by atoms with Crippen LogP contribution in [0.5, 0.6) is 0 Å². The van der Waals surface area contributed by atoms with Crippen LogP contribution in [0.15, 0.2) is 30.3 Å². The minimum absolute atomic E-state index is 0.0453. The van der Waals surface area contributed by atoms with E-state index >= 15 is 0 Å². The molecule has 0 saturated heterocycles. The van der Waals surface area contributed by atoms with Crippen LogP contribution in [0.1, 0.15) is 59.0 Å². The number of aliphatic carboxylic acids is 1. The number of hydrogen-bond acceptors (Lipinski definition) is 4. The van der Waals surface area contributed by atoms with E-state index in [0.717, 1.165) is 35.3 Å². The highest BCUT2D eigenvalue weighted by Gasteiger charge is 2.28. The van der Waals surface area contributed by atoms with Crippen LogP contribution >= 0.6 is 11.3 Å². The van der Waals surface area contributed by atoms with Crippen molar-refractivity contribution in [2.75, 3.05) is 5.32 Å². The first-order chi connectivity index (χ1) is 13.9. The normalized spacial score (nSPS) is 15.4. The molecule has 3 N–H and O–H groups in total. The van der Waals surface area contributed by atoms with Crippen LogP contribution in [0.4, 0.5) is 5.00 Å². The van der Waals surface area contributed by atoms with E-state index in [4.69, 9.17) is 5.11 Å². The molecule has 1 aliphatic rings. The Morgan fingerprint density at radius 1 is 1.17 bits per heavy atom. The van der Waals surface area contributed by atoms with E-state index in [9.17, 15) is 14.4 Å². The van der Waals surface area contributed by atoms with Crippen molar-refractivity contribution in [2.24, 2.45) is 5.92 Å². The molecule has 154 valence electrons. The lowest BCUT2D eigenvalue weighted by Gasteiger charge is -2.18. The molecule has 7 heteroatoms. The number of amides is 2. The van der Waals surface area contributed by atoms with Gasteiger partial charge in [0.25, 0.3) is 5.91 Å². The molecule has 1 heterocycles. The third-order valence-corrected chi connectivity index (χ3v) is 6.25. The Bertz CT molecular complexity index is 892. The predicted molar refractivity (Wildman–Crippen MR) is 113 cm³/mol. The molecule has 0 bridgehead atoms. The molecule has 1 aromatic heterocycles. The van der Waals surface area contributed by atoms with Crippen molar-refractivity contribution < 1.29 is 19.5 Å². The summed E-state index contributed by atoms with van der Waals surface area (Å²) in [7, 11) is 0. The largest absolute Gasteiger partial charge is 0.481 e. The fraction of sp³-hybridized carbons (Fsp3) is 0.409. The Morgan fingerprint density at radius 2 is 1.93 bits per heavy atom. The standard InChI is InChI=1S/C22H26N2O4S/c1-14-10-11-16-17(12-14)29-22(24-18(25)8-5-9-19(26)27)20(16)21(28)23-13-15-6-3-2-4-7-15/h2-4,6-7,14H,5,8-13H2,1H3,(H,23,28)(H,24,25)(H,26,27)/t14-/m0/s1. The molecule has 0 saturated carbocycles. The van der Waals surface area contributed by atoms with Crippen molar-refractivity contribution >= 4 is 34.1 Å². The third kappa shape index (κ3) is 5.67. The highest BCUT2D eigenvalue weighted by atomic mass is 32.1. The van der Waals surface area contributed by atoms with Gasteiger partial charge in [-0.15, -0.1) is 11.3 Å². The summed E-state index contributed by atoms with van der Waals surface area (Å²) in [5.74, 6) is -0.795. The molecule has 2 amide bonds. The van der Waals surface area contributed by atoms with Crippen molar-refractivity contribution in [2.45, 2.75) is 52.0 Å². The summed E-state index contributed by atoms with van der Waals surface area (Å²) in [4.78, 5) is 37.1. The number of carboxylic acids is 1. The SMILES string of the molecule is C[C@H]1CCc2c(sc(NC(=O)CCCC(=O)O)c2C(=O)NCc2ccccc2)C1. The van der Waals surface area contributed by atoms with Gasteiger partial charge in [0.05, 0.1) is 5.56 Å². The molecule has 0 radical (unpaired) electrons. The van der Waals surface area contributed by atoms with Gasteiger partial charge in [0.1, 0.15) is 5.00 Å². The second-order valence-electron chi connectivity index (χ2n) is 7.52. The molecule has 6 nitrogen and oxygen atoms in total. The minimum atomic E-state index is -0.917. The lowest BCUT2D eigenvalue weighted by molar-refractivity contribution is -0.137. The Hall–Kier alpha value is -2.67. The smallest absolute Gasteiger partial charge is 0.303 e. The van der Waals surface area contributed by atoms with E-state index in [2.05, 4.69) is 17.6 Å². The lowest BCUT2D eigenvalue weighted by atomic mass is 9.88. The van der Waals surface area contributed by atoms with Crippen molar-refractivity contribution in [3.8, 4) is 0 Å². The third-order valence-electron chi connectivity index (χ3n) is 5.08. The zero-order chi connectivity index (χ0) is 20.8. The summed E-state index contributed by atoms with van der Waals surface area (Å²) in [6.45, 7) is 2.62. The molecule has 2 aromatic rings. The Balaban J connectivity index is 1.75. The topological polar surface area (TPSA) is 95.5 Å². The zero-order valence-corrected chi connectivity index (χ0v) is 17.3. The highest BCUT2D eigenvalue weighted by molar-refractivity contribution is 7.17. The van der Waals surface area contributed by atoms with Crippen molar-refractivity contribution in [1.82, 2.24) is 5.32 Å². The summed E-state index contributed by atoms with van der Waals surface area (Å²) in [6.07, 6.45) is 3.12. The number of benzene rings is 1. The number of carbonyl (C=O) groups excluding carboxylic acids is 2. The Kier molecular flexibility index (Phi) is 7.04. The summed E-state index contributed by atoms with van der Waals surface area (Å²) in [5.41, 5.74) is 2.62. The molecule has 1 atom stereocenters. The molecule has 0 fully saturated rings.